The molecule has 0 radical (unpaired) electrons. The predicted octanol–water partition coefficient (Wildman–Crippen LogP) is 7.33. The molecular weight excluding hydrogens is 557 g/mol. The van der Waals surface area contributed by atoms with E-state index >= 15 is 0 Å². The van der Waals surface area contributed by atoms with Gasteiger partial charge in [0.15, 0.2) is 11.3 Å². The number of carbonyl (C=O) groups excluding carboxylic acids is 1. The number of hydrogen-bond acceptors (Lipinski definition) is 5. The zero-order valence-electron chi connectivity index (χ0n) is 24.1. The molecule has 0 spiro atoms. The second-order valence-electron chi connectivity index (χ2n) is 11.9. The molecule has 224 valence electrons. The number of aromatic nitrogens is 2. The van der Waals surface area contributed by atoms with Crippen LogP contribution in [0.1, 0.15) is 81.7 Å². The van der Waals surface area contributed by atoms with Gasteiger partial charge in [-0.2, -0.15) is 0 Å². The Bertz CT molecular complexity index is 1430. The molecule has 3 aromatic rings. The van der Waals surface area contributed by atoms with Gasteiger partial charge in [0.05, 0.1) is 16.1 Å². The number of ether oxygens (including phenoxy) is 3. The van der Waals surface area contributed by atoms with Gasteiger partial charge in [0.2, 0.25) is 6.79 Å². The second kappa shape index (κ2) is 12.6. The van der Waals surface area contributed by atoms with Gasteiger partial charge in [0, 0.05) is 25.6 Å². The zero-order chi connectivity index (χ0) is 29.1. The van der Waals surface area contributed by atoms with Crippen molar-refractivity contribution in [2.24, 2.45) is 5.92 Å². The normalized spacial score (nSPS) is 20.4. The lowest BCUT2D eigenvalue weighted by Crippen LogP contribution is -2.55. The average Bonchev–Trinajstić information content (AvgIpc) is 3.68. The first kappa shape index (κ1) is 29.0. The maximum absolute atomic E-state index is 15.0. The van der Waals surface area contributed by atoms with Crippen molar-refractivity contribution >= 4 is 28.5 Å². The number of fused-ring (bicyclic) bond motifs is 1. The lowest BCUT2D eigenvalue weighted by Gasteiger charge is -2.39. The fourth-order valence-electron chi connectivity index (χ4n) is 7.10. The maximum atomic E-state index is 15.0. The molecule has 2 aromatic carbocycles. The molecule has 6 rings (SSSR count). The lowest BCUT2D eigenvalue weighted by atomic mass is 9.83. The smallest absolute Gasteiger partial charge is 0.254 e. The quantitative estimate of drug-likeness (QED) is 0.280. The van der Waals surface area contributed by atoms with Crippen LogP contribution in [0.2, 0.25) is 5.02 Å². The zero-order valence-corrected chi connectivity index (χ0v) is 24.9. The highest BCUT2D eigenvalue weighted by Gasteiger charge is 2.51. The van der Waals surface area contributed by atoms with Crippen LogP contribution in [-0.2, 0) is 31.0 Å². The molecule has 2 heterocycles. The summed E-state index contributed by atoms with van der Waals surface area (Å²) in [6.07, 6.45) is 11.9. The van der Waals surface area contributed by atoms with Crippen molar-refractivity contribution < 1.29 is 23.4 Å². The van der Waals surface area contributed by atoms with E-state index in [4.69, 9.17) is 30.8 Å². The Morgan fingerprint density at radius 2 is 1.83 bits per heavy atom. The number of nitrogens with one attached hydrogen (secondary N) is 1. The number of hydrogen-bond donors (Lipinski definition) is 1. The third kappa shape index (κ3) is 5.51. The van der Waals surface area contributed by atoms with Gasteiger partial charge in [-0.15, -0.1) is 0 Å². The molecule has 1 N–H and O–H groups in total. The SMILES string of the molecule is COC(c1nc2cc(F)c(Cl)cc2n1C(Cc1ccccc1)(C(=O)NC1CCCCC1)C1=COCO1)C1CCCCC1. The molecule has 9 heteroatoms. The van der Waals surface area contributed by atoms with E-state index in [1.54, 1.807) is 13.2 Å². The van der Waals surface area contributed by atoms with Crippen LogP contribution in [0.5, 0.6) is 0 Å². The third-order valence-electron chi connectivity index (χ3n) is 9.19. The van der Waals surface area contributed by atoms with Crippen molar-refractivity contribution in [2.75, 3.05) is 13.9 Å². The summed E-state index contributed by atoms with van der Waals surface area (Å²) in [7, 11) is 1.69. The summed E-state index contributed by atoms with van der Waals surface area (Å²) >= 11 is 6.42. The molecule has 1 amide bonds. The van der Waals surface area contributed by atoms with Crippen molar-refractivity contribution in [2.45, 2.75) is 88.3 Å². The predicted molar refractivity (Wildman–Crippen MR) is 159 cm³/mol. The number of nitrogens with zero attached hydrogens (tertiary/aromatic N) is 2. The first-order valence-electron chi connectivity index (χ1n) is 15.2. The first-order chi connectivity index (χ1) is 20.5. The van der Waals surface area contributed by atoms with Crippen molar-refractivity contribution in [3.8, 4) is 0 Å². The van der Waals surface area contributed by atoms with Gasteiger partial charge in [-0.3, -0.25) is 4.79 Å². The van der Waals surface area contributed by atoms with E-state index in [9.17, 15) is 9.18 Å². The van der Waals surface area contributed by atoms with Crippen LogP contribution in [0, 0.1) is 11.7 Å². The minimum Gasteiger partial charge on any atom is -0.461 e. The summed E-state index contributed by atoms with van der Waals surface area (Å²) in [5, 5.41) is 3.35. The summed E-state index contributed by atoms with van der Waals surface area (Å²) in [4.78, 5) is 20.0. The van der Waals surface area contributed by atoms with Crippen molar-refractivity contribution in [1.29, 1.82) is 0 Å². The lowest BCUT2D eigenvalue weighted by molar-refractivity contribution is -0.131. The number of amides is 1. The molecule has 42 heavy (non-hydrogen) atoms. The third-order valence-corrected chi connectivity index (χ3v) is 9.48. The van der Waals surface area contributed by atoms with Gasteiger partial charge in [0.1, 0.15) is 24.0 Å². The van der Waals surface area contributed by atoms with Gasteiger partial charge >= 0.3 is 0 Å². The van der Waals surface area contributed by atoms with Crippen LogP contribution >= 0.6 is 11.6 Å². The molecular formula is C33H39ClFN3O4. The maximum Gasteiger partial charge on any atom is 0.254 e. The Hall–Kier alpha value is -3.10. The van der Waals surface area contributed by atoms with Crippen LogP contribution in [0.15, 0.2) is 54.5 Å². The fourth-order valence-corrected chi connectivity index (χ4v) is 7.26. The molecule has 2 aliphatic carbocycles. The number of halogens is 2. The molecule has 1 aliphatic heterocycles. The van der Waals surface area contributed by atoms with Gasteiger partial charge < -0.3 is 24.1 Å². The van der Waals surface area contributed by atoms with Crippen molar-refractivity contribution in [1.82, 2.24) is 14.9 Å². The average molecular weight is 596 g/mol. The van der Waals surface area contributed by atoms with Gasteiger partial charge in [-0.05, 0) is 43.2 Å². The Balaban J connectivity index is 1.62. The summed E-state index contributed by atoms with van der Waals surface area (Å²) in [5.74, 6) is 0.359. The molecule has 0 saturated heterocycles. The monoisotopic (exact) mass is 595 g/mol. The standard InChI is InChI=1S/C33H39ClFN3O4/c1-40-30(23-13-7-3-8-14-23)31-37-27-18-26(35)25(34)17-28(27)38(31)33(29-20-41-21-42-29,19-22-11-5-2-6-12-22)32(39)36-24-15-9-4-10-16-24/h2,5-6,11-12,17-18,20,23-24,30H,3-4,7-10,13-16,19,21H2,1H3,(H,36,39). The molecule has 2 saturated carbocycles. The molecule has 2 fully saturated rings. The Kier molecular flexibility index (Phi) is 8.72. The summed E-state index contributed by atoms with van der Waals surface area (Å²) < 4.78 is 34.8. The number of imidazole rings is 1. The second-order valence-corrected chi connectivity index (χ2v) is 12.3. The van der Waals surface area contributed by atoms with E-state index in [1.165, 1.54) is 25.2 Å². The van der Waals surface area contributed by atoms with E-state index in [0.29, 0.717) is 22.6 Å². The molecule has 1 aromatic heterocycles. The van der Waals surface area contributed by atoms with E-state index < -0.39 is 17.5 Å². The van der Waals surface area contributed by atoms with Gasteiger partial charge in [-0.25, -0.2) is 9.37 Å². The first-order valence-corrected chi connectivity index (χ1v) is 15.6. The van der Waals surface area contributed by atoms with E-state index in [-0.39, 0.29) is 36.1 Å². The molecule has 3 aliphatic rings. The molecule has 7 nitrogen and oxygen atoms in total. The number of carbonyl (C=O) groups is 1. The van der Waals surface area contributed by atoms with E-state index in [1.807, 2.05) is 34.9 Å². The van der Waals surface area contributed by atoms with Crippen molar-refractivity contribution in [3.05, 3.63) is 76.7 Å². The highest BCUT2D eigenvalue weighted by atomic mass is 35.5. The highest BCUT2D eigenvalue weighted by molar-refractivity contribution is 6.31. The molecule has 0 bridgehead atoms. The van der Waals surface area contributed by atoms with Gasteiger partial charge in [-0.1, -0.05) is 80.5 Å². The summed E-state index contributed by atoms with van der Waals surface area (Å²) in [6, 6.07) is 12.8. The number of rotatable bonds is 9. The topological polar surface area (TPSA) is 74.6 Å². The van der Waals surface area contributed by atoms with Crippen LogP contribution in [0.25, 0.3) is 11.0 Å². The molecule has 2 atom stereocenters. The van der Waals surface area contributed by atoms with Crippen LogP contribution in [0.3, 0.4) is 0 Å². The van der Waals surface area contributed by atoms with Crippen LogP contribution in [-0.4, -0.2) is 35.4 Å². The Labute approximate surface area is 251 Å². The summed E-state index contributed by atoms with van der Waals surface area (Å²) in [5.41, 5.74) is 0.444. The van der Waals surface area contributed by atoms with Crippen molar-refractivity contribution in [3.63, 3.8) is 0 Å². The largest absolute Gasteiger partial charge is 0.461 e. The summed E-state index contributed by atoms with van der Waals surface area (Å²) in [6.45, 7) is -0.00371. The minimum atomic E-state index is -1.44. The number of benzene rings is 2. The highest BCUT2D eigenvalue weighted by Crippen LogP contribution is 2.44. The van der Waals surface area contributed by atoms with Gasteiger partial charge in [0.25, 0.3) is 5.91 Å². The minimum absolute atomic E-state index is 0.00371. The molecule has 2 unspecified atom stereocenters. The van der Waals surface area contributed by atoms with E-state index in [0.717, 1.165) is 56.9 Å². The number of methoxy groups -OCH3 is 1. The van der Waals surface area contributed by atoms with Crippen LogP contribution < -0.4 is 5.32 Å². The Morgan fingerprint density at radius 1 is 1.12 bits per heavy atom. The fraction of sp³-hybridized carbons (Fsp3) is 0.515. The van der Waals surface area contributed by atoms with E-state index in [2.05, 4.69) is 5.32 Å². The Morgan fingerprint density at radius 3 is 2.50 bits per heavy atom. The van der Waals surface area contributed by atoms with Crippen LogP contribution in [0.4, 0.5) is 4.39 Å².